The Morgan fingerprint density at radius 2 is 1.77 bits per heavy atom. The number of hydrogen-bond donors (Lipinski definition) is 2. The largest absolute Gasteiger partial charge is 0.493 e. The third-order valence-electron chi connectivity index (χ3n) is 7.72. The van der Waals surface area contributed by atoms with Gasteiger partial charge in [-0.05, 0) is 73.5 Å². The molecule has 2 atom stereocenters. The Labute approximate surface area is 248 Å². The van der Waals surface area contributed by atoms with Gasteiger partial charge in [0.15, 0.2) is 0 Å². The molecule has 0 bridgehead atoms. The van der Waals surface area contributed by atoms with Crippen LogP contribution in [0.3, 0.4) is 0 Å². The van der Waals surface area contributed by atoms with Crippen molar-refractivity contribution in [3.63, 3.8) is 0 Å². The van der Waals surface area contributed by atoms with Crippen molar-refractivity contribution in [3.05, 3.63) is 94.8 Å². The maximum absolute atomic E-state index is 14.1. The third kappa shape index (κ3) is 7.92. The molecule has 1 saturated heterocycles. The van der Waals surface area contributed by atoms with Crippen molar-refractivity contribution in [2.24, 2.45) is 0 Å². The van der Waals surface area contributed by atoms with Crippen LogP contribution >= 0.6 is 0 Å². The Morgan fingerprint density at radius 3 is 2.51 bits per heavy atom. The first kappa shape index (κ1) is 31.0. The zero-order valence-corrected chi connectivity index (χ0v) is 24.2. The molecule has 2 aliphatic rings. The van der Waals surface area contributed by atoms with Crippen LogP contribution in [0.1, 0.15) is 66.4 Å². The summed E-state index contributed by atoms with van der Waals surface area (Å²) in [6, 6.07) is 12.6. The minimum atomic E-state index is -4.75. The van der Waals surface area contributed by atoms with Gasteiger partial charge in [-0.25, -0.2) is 17.5 Å². The van der Waals surface area contributed by atoms with E-state index in [2.05, 4.69) is 14.9 Å². The highest BCUT2D eigenvalue weighted by Crippen LogP contribution is 2.34. The summed E-state index contributed by atoms with van der Waals surface area (Å²) in [5.74, 6) is -0.492. The first-order valence-corrected chi connectivity index (χ1v) is 15.7. The van der Waals surface area contributed by atoms with E-state index in [-0.39, 0.29) is 5.56 Å². The molecule has 0 aliphatic carbocycles. The highest BCUT2D eigenvalue weighted by Gasteiger charge is 2.33. The topological polar surface area (TPSA) is 87.7 Å². The van der Waals surface area contributed by atoms with Gasteiger partial charge in [0.2, 0.25) is 15.9 Å². The van der Waals surface area contributed by atoms with Crippen molar-refractivity contribution < 1.29 is 35.5 Å². The van der Waals surface area contributed by atoms with Gasteiger partial charge in [0.05, 0.1) is 29.1 Å². The lowest BCUT2D eigenvalue weighted by molar-refractivity contribution is -0.137. The van der Waals surface area contributed by atoms with Crippen LogP contribution in [0.5, 0.6) is 5.75 Å². The van der Waals surface area contributed by atoms with Gasteiger partial charge < -0.3 is 10.1 Å². The SMILES string of the molecule is O=C(C[C@@H](NS(=O)(=O)c1cccc(C(F)(F)F)c1)c1cccc(F)c1)N[C@@H]1CCOc2cc(CN3CCCCC3)ccc21. The van der Waals surface area contributed by atoms with Gasteiger partial charge in [-0.3, -0.25) is 9.69 Å². The second-order valence-electron chi connectivity index (χ2n) is 10.9. The Hall–Kier alpha value is -3.48. The minimum absolute atomic E-state index is 0.153. The maximum Gasteiger partial charge on any atom is 0.416 e. The van der Waals surface area contributed by atoms with Crippen LogP contribution in [-0.2, 0) is 27.5 Å². The molecule has 230 valence electrons. The molecule has 2 aliphatic heterocycles. The lowest BCUT2D eigenvalue weighted by Crippen LogP contribution is -2.36. The first-order chi connectivity index (χ1) is 20.5. The van der Waals surface area contributed by atoms with Gasteiger partial charge in [-0.1, -0.05) is 36.8 Å². The number of carbonyl (C=O) groups is 1. The molecular formula is C31H33F4N3O4S. The Bertz CT molecular complexity index is 1560. The molecule has 3 aromatic rings. The lowest BCUT2D eigenvalue weighted by Gasteiger charge is -2.29. The molecule has 43 heavy (non-hydrogen) atoms. The predicted octanol–water partition coefficient (Wildman–Crippen LogP) is 5.88. The Balaban J connectivity index is 1.32. The quantitative estimate of drug-likeness (QED) is 0.292. The van der Waals surface area contributed by atoms with E-state index in [0.29, 0.717) is 24.8 Å². The summed E-state index contributed by atoms with van der Waals surface area (Å²) in [6.07, 6.45) is -1.06. The number of fused-ring (bicyclic) bond motifs is 1. The summed E-state index contributed by atoms with van der Waals surface area (Å²) in [7, 11) is -4.52. The minimum Gasteiger partial charge on any atom is -0.493 e. The second kappa shape index (κ2) is 13.0. The van der Waals surface area contributed by atoms with E-state index < -0.39 is 56.9 Å². The molecule has 12 heteroatoms. The van der Waals surface area contributed by atoms with E-state index in [0.717, 1.165) is 55.0 Å². The number of benzene rings is 3. The number of likely N-dealkylation sites (tertiary alicyclic amines) is 1. The second-order valence-corrected chi connectivity index (χ2v) is 12.6. The van der Waals surface area contributed by atoms with Gasteiger partial charge in [0.1, 0.15) is 11.6 Å². The lowest BCUT2D eigenvalue weighted by atomic mass is 9.97. The number of alkyl halides is 3. The summed E-state index contributed by atoms with van der Waals surface area (Å²) in [5.41, 5.74) is 0.935. The van der Waals surface area contributed by atoms with Gasteiger partial charge in [-0.2, -0.15) is 13.2 Å². The van der Waals surface area contributed by atoms with Crippen molar-refractivity contribution in [2.45, 2.75) is 61.8 Å². The smallest absolute Gasteiger partial charge is 0.416 e. The highest BCUT2D eigenvalue weighted by molar-refractivity contribution is 7.89. The van der Waals surface area contributed by atoms with E-state index in [1.807, 2.05) is 18.2 Å². The van der Waals surface area contributed by atoms with Crippen molar-refractivity contribution >= 4 is 15.9 Å². The molecule has 0 aromatic heterocycles. The van der Waals surface area contributed by atoms with Crippen LogP contribution in [0, 0.1) is 5.82 Å². The molecule has 1 amide bonds. The molecule has 0 saturated carbocycles. The number of halogens is 4. The molecule has 7 nitrogen and oxygen atoms in total. The number of nitrogens with zero attached hydrogens (tertiary/aromatic N) is 1. The summed E-state index contributed by atoms with van der Waals surface area (Å²) in [5, 5.41) is 2.94. The van der Waals surface area contributed by atoms with Gasteiger partial charge in [0.25, 0.3) is 0 Å². The van der Waals surface area contributed by atoms with E-state index >= 15 is 0 Å². The first-order valence-electron chi connectivity index (χ1n) is 14.2. The van der Waals surface area contributed by atoms with Gasteiger partial charge >= 0.3 is 6.18 Å². The molecule has 0 radical (unpaired) electrons. The fourth-order valence-corrected chi connectivity index (χ4v) is 6.81. The van der Waals surface area contributed by atoms with Crippen molar-refractivity contribution in [3.8, 4) is 5.75 Å². The van der Waals surface area contributed by atoms with E-state index in [4.69, 9.17) is 4.74 Å². The van der Waals surface area contributed by atoms with Crippen LogP contribution in [0.2, 0.25) is 0 Å². The van der Waals surface area contributed by atoms with Gasteiger partial charge in [0, 0.05) is 24.9 Å². The van der Waals surface area contributed by atoms with Crippen LogP contribution in [0.15, 0.2) is 71.6 Å². The number of amides is 1. The fraction of sp³-hybridized carbons (Fsp3) is 0.387. The van der Waals surface area contributed by atoms with Crippen molar-refractivity contribution in [1.82, 2.24) is 14.9 Å². The third-order valence-corrected chi connectivity index (χ3v) is 9.19. The number of sulfonamides is 1. The Morgan fingerprint density at radius 1 is 1.00 bits per heavy atom. The number of hydrogen-bond acceptors (Lipinski definition) is 5. The summed E-state index contributed by atoms with van der Waals surface area (Å²) >= 11 is 0. The van der Waals surface area contributed by atoms with Crippen LogP contribution < -0.4 is 14.8 Å². The zero-order chi connectivity index (χ0) is 30.6. The molecule has 0 unspecified atom stereocenters. The number of rotatable bonds is 9. The molecular weight excluding hydrogens is 586 g/mol. The van der Waals surface area contributed by atoms with Crippen molar-refractivity contribution in [2.75, 3.05) is 19.7 Å². The predicted molar refractivity (Wildman–Crippen MR) is 152 cm³/mol. The standard InChI is InChI=1S/C31H33F4N3O4S/c32-24-8-4-6-22(17-24)28(37-43(40,41)25-9-5-7-23(18-25)31(33,34)35)19-30(39)36-27-12-15-42-29-16-21(10-11-26(27)29)20-38-13-2-1-3-14-38/h4-11,16-18,27-28,37H,1-3,12-15,19-20H2,(H,36,39)/t27-,28-/m1/s1. The van der Waals surface area contributed by atoms with Crippen LogP contribution in [-0.4, -0.2) is 38.9 Å². The number of ether oxygens (including phenoxy) is 1. The molecule has 2 N–H and O–H groups in total. The summed E-state index contributed by atoms with van der Waals surface area (Å²) in [6.45, 7) is 3.30. The molecule has 3 aromatic carbocycles. The van der Waals surface area contributed by atoms with Gasteiger partial charge in [-0.15, -0.1) is 0 Å². The van der Waals surface area contributed by atoms with Crippen molar-refractivity contribution in [1.29, 1.82) is 0 Å². The molecule has 2 heterocycles. The zero-order valence-electron chi connectivity index (χ0n) is 23.4. The van der Waals surface area contributed by atoms with E-state index in [1.54, 1.807) is 0 Å². The summed E-state index contributed by atoms with van der Waals surface area (Å²) in [4.78, 5) is 15.1. The van der Waals surface area contributed by atoms with Crippen LogP contribution in [0.4, 0.5) is 17.6 Å². The van der Waals surface area contributed by atoms with Crippen LogP contribution in [0.25, 0.3) is 0 Å². The average Bonchev–Trinajstić information content (AvgIpc) is 2.97. The number of carbonyl (C=O) groups excluding carboxylic acids is 1. The molecule has 1 fully saturated rings. The van der Waals surface area contributed by atoms with E-state index in [1.165, 1.54) is 37.5 Å². The molecule has 0 spiro atoms. The number of nitrogens with one attached hydrogen (secondary N) is 2. The monoisotopic (exact) mass is 619 g/mol. The normalized spacial score (nSPS) is 18.4. The summed E-state index contributed by atoms with van der Waals surface area (Å²) < 4.78 is 88.3. The highest BCUT2D eigenvalue weighted by atomic mass is 32.2. The number of piperidine rings is 1. The maximum atomic E-state index is 14.1. The molecule has 5 rings (SSSR count). The average molecular weight is 620 g/mol. The van der Waals surface area contributed by atoms with E-state index in [9.17, 15) is 30.8 Å². The fourth-order valence-electron chi connectivity index (χ4n) is 5.54. The Kier molecular flexibility index (Phi) is 9.38.